The predicted octanol–water partition coefficient (Wildman–Crippen LogP) is -1.90. The largest absolute Gasteiger partial charge is 0.322 e. The summed E-state index contributed by atoms with van der Waals surface area (Å²) < 4.78 is 0. The fourth-order valence-corrected chi connectivity index (χ4v) is 1.62. The lowest BCUT2D eigenvalue weighted by Gasteiger charge is -2.39. The van der Waals surface area contributed by atoms with Crippen LogP contribution in [0.2, 0.25) is 0 Å². The number of rotatable bonds is 0. The van der Waals surface area contributed by atoms with Gasteiger partial charge in [-0.1, -0.05) is 0 Å². The standard InChI is InChI=1S/C7H12N4O2/c1-3-2-8-4-5(9-3)10-7(13)11-6(4)12/h3-5,8-9H,2H2,1H3,(H2,10,11,12,13)/t3-,4-,5-/m0/s1. The molecule has 13 heavy (non-hydrogen) atoms. The molecule has 2 rings (SSSR count). The van der Waals surface area contributed by atoms with Crippen LogP contribution in [0.3, 0.4) is 0 Å². The van der Waals surface area contributed by atoms with Crippen molar-refractivity contribution in [2.24, 2.45) is 0 Å². The minimum absolute atomic E-state index is 0.257. The van der Waals surface area contributed by atoms with Gasteiger partial charge < -0.3 is 10.6 Å². The Morgan fingerprint density at radius 3 is 2.92 bits per heavy atom. The Morgan fingerprint density at radius 2 is 2.15 bits per heavy atom. The van der Waals surface area contributed by atoms with Crippen molar-refractivity contribution in [3.63, 3.8) is 0 Å². The third-order valence-corrected chi connectivity index (χ3v) is 2.25. The number of carbonyl (C=O) groups is 2. The smallest absolute Gasteiger partial charge is 0.320 e. The summed E-state index contributed by atoms with van der Waals surface area (Å²) in [7, 11) is 0. The first kappa shape index (κ1) is 8.46. The minimum atomic E-state index is -0.436. The average molecular weight is 184 g/mol. The summed E-state index contributed by atoms with van der Waals surface area (Å²) in [6.45, 7) is 2.71. The summed E-state index contributed by atoms with van der Waals surface area (Å²) in [5, 5.41) is 11.0. The van der Waals surface area contributed by atoms with Gasteiger partial charge in [0.15, 0.2) is 0 Å². The van der Waals surface area contributed by atoms with Gasteiger partial charge >= 0.3 is 6.03 Å². The van der Waals surface area contributed by atoms with Gasteiger partial charge in [0.05, 0.1) is 0 Å². The number of piperazine rings is 1. The van der Waals surface area contributed by atoms with Crippen LogP contribution in [0, 0.1) is 0 Å². The summed E-state index contributed by atoms with van der Waals surface area (Å²) in [6.07, 6.45) is -0.287. The van der Waals surface area contributed by atoms with Crippen LogP contribution in [0.4, 0.5) is 4.79 Å². The summed E-state index contributed by atoms with van der Waals surface area (Å²) in [6, 6.07) is -0.531. The zero-order valence-electron chi connectivity index (χ0n) is 7.26. The van der Waals surface area contributed by atoms with Crippen LogP contribution in [0.1, 0.15) is 6.92 Å². The molecule has 0 spiro atoms. The van der Waals surface area contributed by atoms with Gasteiger partial charge in [-0.05, 0) is 6.92 Å². The Morgan fingerprint density at radius 1 is 1.38 bits per heavy atom. The molecule has 0 aromatic rings. The second kappa shape index (κ2) is 2.97. The maximum atomic E-state index is 11.3. The first-order chi connectivity index (χ1) is 6.16. The predicted molar refractivity (Wildman–Crippen MR) is 44.9 cm³/mol. The molecule has 0 aliphatic carbocycles. The fraction of sp³-hybridized carbons (Fsp3) is 0.714. The van der Waals surface area contributed by atoms with Crippen LogP contribution in [0.15, 0.2) is 0 Å². The third kappa shape index (κ3) is 1.50. The van der Waals surface area contributed by atoms with Gasteiger partial charge in [0, 0.05) is 12.6 Å². The van der Waals surface area contributed by atoms with Crippen molar-refractivity contribution in [3.05, 3.63) is 0 Å². The van der Waals surface area contributed by atoms with E-state index in [0.29, 0.717) is 0 Å². The number of hydrogen-bond acceptors (Lipinski definition) is 4. The molecular formula is C7H12N4O2. The van der Waals surface area contributed by atoms with Gasteiger partial charge in [-0.15, -0.1) is 0 Å². The van der Waals surface area contributed by atoms with Crippen molar-refractivity contribution < 1.29 is 9.59 Å². The van der Waals surface area contributed by atoms with Crippen molar-refractivity contribution >= 4 is 11.9 Å². The van der Waals surface area contributed by atoms with Crippen LogP contribution in [0.5, 0.6) is 0 Å². The number of urea groups is 1. The SMILES string of the molecule is C[C@H]1CN[C@@H]2C(=O)NC(=O)N[C@@H]2N1. The molecular weight excluding hydrogens is 172 g/mol. The normalized spacial score (nSPS) is 39.0. The first-order valence-corrected chi connectivity index (χ1v) is 4.27. The van der Waals surface area contributed by atoms with E-state index in [-0.39, 0.29) is 24.2 Å². The highest BCUT2D eigenvalue weighted by Crippen LogP contribution is 2.03. The highest BCUT2D eigenvalue weighted by atomic mass is 16.2. The van der Waals surface area contributed by atoms with Crippen molar-refractivity contribution in [2.45, 2.75) is 25.2 Å². The van der Waals surface area contributed by atoms with Gasteiger partial charge in [-0.25, -0.2) is 4.79 Å². The quantitative estimate of drug-likeness (QED) is 0.354. The zero-order valence-corrected chi connectivity index (χ0v) is 7.26. The number of fused-ring (bicyclic) bond motifs is 1. The topological polar surface area (TPSA) is 82.3 Å². The summed E-state index contributed by atoms with van der Waals surface area (Å²) >= 11 is 0. The zero-order chi connectivity index (χ0) is 9.42. The maximum Gasteiger partial charge on any atom is 0.322 e. The van der Waals surface area contributed by atoms with Crippen LogP contribution < -0.4 is 21.3 Å². The molecule has 0 radical (unpaired) electrons. The summed E-state index contributed by atoms with van der Waals surface area (Å²) in [4.78, 5) is 22.2. The van der Waals surface area contributed by atoms with E-state index in [2.05, 4.69) is 21.3 Å². The van der Waals surface area contributed by atoms with Gasteiger partial charge in [-0.2, -0.15) is 0 Å². The Kier molecular flexibility index (Phi) is 1.93. The molecule has 0 aromatic carbocycles. The monoisotopic (exact) mass is 184 g/mol. The molecule has 2 fully saturated rings. The number of hydrogen-bond donors (Lipinski definition) is 4. The van der Waals surface area contributed by atoms with Crippen molar-refractivity contribution in [1.82, 2.24) is 21.3 Å². The van der Waals surface area contributed by atoms with E-state index in [1.165, 1.54) is 0 Å². The molecule has 2 saturated heterocycles. The molecule has 3 amide bonds. The molecule has 6 nitrogen and oxygen atoms in total. The lowest BCUT2D eigenvalue weighted by molar-refractivity contribution is -0.124. The molecule has 0 aromatic heterocycles. The minimum Gasteiger partial charge on any atom is -0.320 e. The van der Waals surface area contributed by atoms with Crippen molar-refractivity contribution in [1.29, 1.82) is 0 Å². The van der Waals surface area contributed by atoms with Crippen LogP contribution in [0.25, 0.3) is 0 Å². The second-order valence-electron chi connectivity index (χ2n) is 3.39. The molecule has 2 aliphatic rings. The van der Waals surface area contributed by atoms with E-state index in [4.69, 9.17) is 0 Å². The lowest BCUT2D eigenvalue weighted by Crippen LogP contribution is -2.74. The molecule has 72 valence electrons. The average Bonchev–Trinajstić information content (AvgIpc) is 2.02. The first-order valence-electron chi connectivity index (χ1n) is 4.27. The van der Waals surface area contributed by atoms with Crippen molar-refractivity contribution in [2.75, 3.05) is 6.54 Å². The van der Waals surface area contributed by atoms with E-state index in [1.54, 1.807) is 0 Å². The number of nitrogens with one attached hydrogen (secondary N) is 4. The molecule has 2 aliphatic heterocycles. The van der Waals surface area contributed by atoms with E-state index in [0.717, 1.165) is 6.54 Å². The molecule has 0 bridgehead atoms. The van der Waals surface area contributed by atoms with E-state index < -0.39 is 6.03 Å². The highest BCUT2D eigenvalue weighted by molar-refractivity contribution is 6.00. The van der Waals surface area contributed by atoms with Gasteiger partial charge in [0.2, 0.25) is 5.91 Å². The third-order valence-electron chi connectivity index (χ3n) is 2.25. The van der Waals surface area contributed by atoms with Crippen LogP contribution >= 0.6 is 0 Å². The lowest BCUT2D eigenvalue weighted by atomic mass is 10.1. The Labute approximate surface area is 75.4 Å². The molecule has 3 atom stereocenters. The van der Waals surface area contributed by atoms with E-state index >= 15 is 0 Å². The van der Waals surface area contributed by atoms with E-state index in [1.807, 2.05) is 6.92 Å². The number of amides is 3. The molecule has 2 heterocycles. The van der Waals surface area contributed by atoms with Gasteiger partial charge in [0.25, 0.3) is 0 Å². The Hall–Kier alpha value is -1.14. The van der Waals surface area contributed by atoms with Gasteiger partial charge in [-0.3, -0.25) is 15.4 Å². The molecule has 0 unspecified atom stereocenters. The highest BCUT2D eigenvalue weighted by Gasteiger charge is 2.38. The molecule has 4 N–H and O–H groups in total. The fourth-order valence-electron chi connectivity index (χ4n) is 1.62. The maximum absolute atomic E-state index is 11.3. The summed E-state index contributed by atoms with van der Waals surface area (Å²) in [5.74, 6) is -0.270. The van der Waals surface area contributed by atoms with Crippen LogP contribution in [-0.4, -0.2) is 36.7 Å². The Bertz CT molecular complexity index is 255. The van der Waals surface area contributed by atoms with E-state index in [9.17, 15) is 9.59 Å². The van der Waals surface area contributed by atoms with Gasteiger partial charge in [0.1, 0.15) is 12.2 Å². The number of imide groups is 1. The van der Waals surface area contributed by atoms with Crippen molar-refractivity contribution in [3.8, 4) is 0 Å². The Balaban J connectivity index is 2.10. The van der Waals surface area contributed by atoms with Crippen LogP contribution in [-0.2, 0) is 4.79 Å². The number of carbonyl (C=O) groups excluding carboxylic acids is 2. The molecule has 0 saturated carbocycles. The summed E-state index contributed by atoms with van der Waals surface area (Å²) in [5.41, 5.74) is 0. The molecule has 6 heteroatoms. The second-order valence-corrected chi connectivity index (χ2v) is 3.39.